The molecule has 0 radical (unpaired) electrons. The lowest BCUT2D eigenvalue weighted by Gasteiger charge is -2.38. The number of hydrogen-bond acceptors (Lipinski definition) is 10. The lowest BCUT2D eigenvalue weighted by atomic mass is 9.87. The number of furan rings is 1. The van der Waals surface area contributed by atoms with Gasteiger partial charge in [0.15, 0.2) is 29.0 Å². The highest BCUT2D eigenvalue weighted by atomic mass is 32.2. The number of para-hydroxylation sites is 1. The summed E-state index contributed by atoms with van der Waals surface area (Å²) in [4.78, 5) is 41.7. The Morgan fingerprint density at radius 1 is 0.868 bits per heavy atom. The van der Waals surface area contributed by atoms with Crippen LogP contribution in [0.25, 0.3) is 17.3 Å². The van der Waals surface area contributed by atoms with Gasteiger partial charge in [0.1, 0.15) is 0 Å². The molecule has 12 nitrogen and oxygen atoms in total. The maximum absolute atomic E-state index is 13.7. The average molecular weight is 730 g/mol. The molecule has 1 aliphatic rings. The number of carbonyl (C=O) groups excluding carboxylic acids is 3. The SMILES string of the molecule is COc1cc2c(cc1OC)C(c1ccccc1)N(C(=O)COC(=O)c1cccc(NC(=O)CSc3nnc(-c4ccco4)n3-c3ccccc3)c1)CC2. The summed E-state index contributed by atoms with van der Waals surface area (Å²) in [5.74, 6) is 0.913. The van der Waals surface area contributed by atoms with Gasteiger partial charge in [-0.3, -0.25) is 14.2 Å². The molecule has 53 heavy (non-hydrogen) atoms. The van der Waals surface area contributed by atoms with Gasteiger partial charge < -0.3 is 28.8 Å². The van der Waals surface area contributed by atoms with Crippen LogP contribution in [0, 0.1) is 0 Å². The summed E-state index contributed by atoms with van der Waals surface area (Å²) < 4.78 is 24.0. The van der Waals surface area contributed by atoms with E-state index < -0.39 is 18.6 Å². The highest BCUT2D eigenvalue weighted by Crippen LogP contribution is 2.41. The Labute approximate surface area is 309 Å². The summed E-state index contributed by atoms with van der Waals surface area (Å²) >= 11 is 1.21. The van der Waals surface area contributed by atoms with Crippen molar-refractivity contribution in [3.63, 3.8) is 0 Å². The summed E-state index contributed by atoms with van der Waals surface area (Å²) in [6.45, 7) is -0.0378. The number of ether oxygens (including phenoxy) is 3. The second kappa shape index (κ2) is 15.9. The molecule has 4 aromatic carbocycles. The lowest BCUT2D eigenvalue weighted by Crippen LogP contribution is -2.42. The van der Waals surface area contributed by atoms with Crippen LogP contribution in [0.1, 0.15) is 33.1 Å². The van der Waals surface area contributed by atoms with E-state index in [1.54, 1.807) is 55.7 Å². The molecule has 0 saturated heterocycles. The van der Waals surface area contributed by atoms with Gasteiger partial charge in [-0.15, -0.1) is 10.2 Å². The smallest absolute Gasteiger partial charge is 0.338 e. The highest BCUT2D eigenvalue weighted by Gasteiger charge is 2.34. The molecule has 0 spiro atoms. The molecule has 1 N–H and O–H groups in total. The molecule has 0 bridgehead atoms. The first-order valence-electron chi connectivity index (χ1n) is 16.8. The Bertz CT molecular complexity index is 2230. The van der Waals surface area contributed by atoms with Gasteiger partial charge in [0, 0.05) is 17.9 Å². The molecule has 0 fully saturated rings. The van der Waals surface area contributed by atoms with E-state index in [0.29, 0.717) is 46.9 Å². The van der Waals surface area contributed by atoms with Crippen LogP contribution < -0.4 is 14.8 Å². The fourth-order valence-electron chi connectivity index (χ4n) is 6.29. The molecule has 0 aliphatic carbocycles. The molecule has 2 aromatic heterocycles. The van der Waals surface area contributed by atoms with Gasteiger partial charge >= 0.3 is 5.97 Å². The molecule has 2 amide bonds. The van der Waals surface area contributed by atoms with Gasteiger partial charge in [-0.25, -0.2) is 4.79 Å². The van der Waals surface area contributed by atoms with Crippen LogP contribution in [0.4, 0.5) is 5.69 Å². The summed E-state index contributed by atoms with van der Waals surface area (Å²) in [6.07, 6.45) is 2.15. The van der Waals surface area contributed by atoms with Gasteiger partial charge in [-0.05, 0) is 77.7 Å². The summed E-state index contributed by atoms with van der Waals surface area (Å²) in [5, 5.41) is 12.0. The first-order valence-corrected chi connectivity index (χ1v) is 17.8. The van der Waals surface area contributed by atoms with Crippen molar-refractivity contribution in [1.82, 2.24) is 19.7 Å². The average Bonchev–Trinajstić information content (AvgIpc) is 3.89. The van der Waals surface area contributed by atoms with E-state index in [0.717, 1.165) is 22.4 Å². The molecule has 268 valence electrons. The zero-order valence-corrected chi connectivity index (χ0v) is 29.7. The zero-order valence-electron chi connectivity index (χ0n) is 28.9. The maximum Gasteiger partial charge on any atom is 0.338 e. The van der Waals surface area contributed by atoms with Crippen LogP contribution in [0.2, 0.25) is 0 Å². The minimum absolute atomic E-state index is 0.0203. The summed E-state index contributed by atoms with van der Waals surface area (Å²) in [7, 11) is 3.17. The number of hydrogen-bond donors (Lipinski definition) is 1. The topological polar surface area (TPSA) is 138 Å². The number of nitrogens with zero attached hydrogens (tertiary/aromatic N) is 4. The predicted molar refractivity (Wildman–Crippen MR) is 198 cm³/mol. The van der Waals surface area contributed by atoms with Crippen LogP contribution in [0.3, 0.4) is 0 Å². The van der Waals surface area contributed by atoms with Gasteiger partial charge in [-0.1, -0.05) is 66.4 Å². The molecule has 0 saturated carbocycles. The minimum atomic E-state index is -0.690. The van der Waals surface area contributed by atoms with Crippen molar-refractivity contribution in [3.05, 3.63) is 138 Å². The predicted octanol–water partition coefficient (Wildman–Crippen LogP) is 6.61. The van der Waals surface area contributed by atoms with E-state index in [1.165, 1.54) is 17.8 Å². The molecule has 1 unspecified atom stereocenters. The normalized spacial score (nSPS) is 13.5. The van der Waals surface area contributed by atoms with Crippen molar-refractivity contribution < 1.29 is 33.0 Å². The Kier molecular flexibility index (Phi) is 10.5. The fraction of sp³-hybridized carbons (Fsp3) is 0.175. The van der Waals surface area contributed by atoms with E-state index in [2.05, 4.69) is 15.5 Å². The van der Waals surface area contributed by atoms with Crippen LogP contribution in [-0.4, -0.2) is 70.6 Å². The Hall–Kier alpha value is -6.34. The van der Waals surface area contributed by atoms with Gasteiger partial charge in [0.25, 0.3) is 5.91 Å². The van der Waals surface area contributed by atoms with Crippen molar-refractivity contribution in [2.75, 3.05) is 38.4 Å². The number of esters is 1. The molecule has 6 aromatic rings. The summed E-state index contributed by atoms with van der Waals surface area (Å²) in [5.41, 5.74) is 4.29. The van der Waals surface area contributed by atoms with Crippen LogP contribution in [0.15, 0.2) is 125 Å². The second-order valence-corrected chi connectivity index (χ2v) is 12.9. The molecule has 1 aliphatic heterocycles. The standard InChI is InChI=1S/C40H35N5O7S/c1-49-33-22-27-18-19-44(37(26-11-5-3-6-12-26)31(27)23-34(33)50-2)36(47)24-52-39(48)28-13-9-14-29(21-28)41-35(46)25-53-40-43-42-38(32-17-10-20-51-32)45(40)30-15-7-4-8-16-30/h3-17,20-23,37H,18-19,24-25H2,1-2H3,(H,41,46). The first kappa shape index (κ1) is 35.1. The maximum atomic E-state index is 13.7. The highest BCUT2D eigenvalue weighted by molar-refractivity contribution is 7.99. The van der Waals surface area contributed by atoms with E-state index in [4.69, 9.17) is 18.6 Å². The number of fused-ring (bicyclic) bond motifs is 1. The van der Waals surface area contributed by atoms with Gasteiger partial charge in [-0.2, -0.15) is 0 Å². The fourth-order valence-corrected chi connectivity index (χ4v) is 7.04. The van der Waals surface area contributed by atoms with Crippen molar-refractivity contribution in [3.8, 4) is 28.8 Å². The number of carbonyl (C=O) groups is 3. The lowest BCUT2D eigenvalue weighted by molar-refractivity contribution is -0.136. The molecular formula is C40H35N5O7S. The van der Waals surface area contributed by atoms with Crippen LogP contribution in [0.5, 0.6) is 11.5 Å². The first-order chi connectivity index (χ1) is 25.9. The zero-order chi connectivity index (χ0) is 36.7. The number of rotatable bonds is 12. The summed E-state index contributed by atoms with van der Waals surface area (Å²) in [6, 6.07) is 32.6. The second-order valence-electron chi connectivity index (χ2n) is 12.0. The molecule has 1 atom stereocenters. The number of amides is 2. The number of methoxy groups -OCH3 is 2. The third-order valence-corrected chi connectivity index (χ3v) is 9.67. The molecule has 13 heteroatoms. The number of benzene rings is 4. The number of nitrogens with one attached hydrogen (secondary N) is 1. The monoisotopic (exact) mass is 729 g/mol. The van der Waals surface area contributed by atoms with E-state index in [1.807, 2.05) is 77.4 Å². The molecule has 3 heterocycles. The number of aromatic nitrogens is 3. The van der Waals surface area contributed by atoms with Crippen molar-refractivity contribution in [1.29, 1.82) is 0 Å². The quantitative estimate of drug-likeness (QED) is 0.108. The van der Waals surface area contributed by atoms with Crippen molar-refractivity contribution in [2.24, 2.45) is 0 Å². The van der Waals surface area contributed by atoms with Crippen molar-refractivity contribution >= 4 is 35.2 Å². The Balaban J connectivity index is 1.00. The minimum Gasteiger partial charge on any atom is -0.493 e. The molecule has 7 rings (SSSR count). The van der Waals surface area contributed by atoms with E-state index in [-0.39, 0.29) is 23.1 Å². The van der Waals surface area contributed by atoms with Crippen molar-refractivity contribution in [2.45, 2.75) is 17.6 Å². The Morgan fingerprint density at radius 2 is 1.62 bits per heavy atom. The Morgan fingerprint density at radius 3 is 2.36 bits per heavy atom. The number of thioether (sulfide) groups is 1. The van der Waals surface area contributed by atoms with Gasteiger partial charge in [0.2, 0.25) is 11.7 Å². The van der Waals surface area contributed by atoms with Gasteiger partial charge in [0.05, 0.1) is 37.8 Å². The largest absolute Gasteiger partial charge is 0.493 e. The molecular weight excluding hydrogens is 695 g/mol. The van der Waals surface area contributed by atoms with Crippen LogP contribution in [-0.2, 0) is 20.7 Å². The third-order valence-electron chi connectivity index (χ3n) is 8.74. The third kappa shape index (κ3) is 7.65. The number of anilines is 1. The van der Waals surface area contributed by atoms with Crippen LogP contribution >= 0.6 is 11.8 Å². The van der Waals surface area contributed by atoms with E-state index in [9.17, 15) is 14.4 Å². The van der Waals surface area contributed by atoms with E-state index >= 15 is 0 Å².